The van der Waals surface area contributed by atoms with Crippen molar-refractivity contribution in [2.24, 2.45) is 0 Å². The van der Waals surface area contributed by atoms with Gasteiger partial charge >= 0.3 is 0 Å². The van der Waals surface area contributed by atoms with Crippen LogP contribution in [0.2, 0.25) is 0 Å². The number of rotatable bonds is 1. The summed E-state index contributed by atoms with van der Waals surface area (Å²) in [4.78, 5) is 0. The topological polar surface area (TPSA) is 29.5 Å². The van der Waals surface area contributed by atoms with Crippen LogP contribution >= 0.6 is 0 Å². The molecule has 0 aromatic rings. The quantitative estimate of drug-likeness (QED) is 0.603. The number of fused-ring (bicyclic) bond motifs is 2. The molecule has 0 aliphatic carbocycles. The van der Waals surface area contributed by atoms with E-state index in [2.05, 4.69) is 0 Å². The average Bonchev–Trinajstić information content (AvgIpc) is 2.42. The summed E-state index contributed by atoms with van der Waals surface area (Å²) in [5.41, 5.74) is 0.524. The average molecular weight is 168 g/mol. The third-order valence-corrected chi connectivity index (χ3v) is 2.76. The van der Waals surface area contributed by atoms with Gasteiger partial charge < -0.3 is 9.84 Å². The van der Waals surface area contributed by atoms with Gasteiger partial charge in [-0.1, -0.05) is 11.6 Å². The highest BCUT2D eigenvalue weighted by molar-refractivity contribution is 5.16. The summed E-state index contributed by atoms with van der Waals surface area (Å²) >= 11 is 0. The Morgan fingerprint density at radius 3 is 2.67 bits per heavy atom. The molecule has 3 unspecified atom stereocenters. The highest BCUT2D eigenvalue weighted by Crippen LogP contribution is 2.42. The van der Waals surface area contributed by atoms with E-state index in [1.54, 1.807) is 0 Å². The van der Waals surface area contributed by atoms with Crippen LogP contribution < -0.4 is 0 Å². The second-order valence-corrected chi connectivity index (χ2v) is 4.24. The van der Waals surface area contributed by atoms with Crippen LogP contribution in [0.4, 0.5) is 0 Å². The zero-order chi connectivity index (χ0) is 8.77. The maximum atomic E-state index is 10.2. The first-order valence-corrected chi connectivity index (χ1v) is 4.64. The predicted molar refractivity (Wildman–Crippen MR) is 46.9 cm³/mol. The molecule has 0 saturated carbocycles. The highest BCUT2D eigenvalue weighted by Gasteiger charge is 2.49. The Balaban J connectivity index is 2.18. The van der Waals surface area contributed by atoms with Gasteiger partial charge in [0.05, 0.1) is 12.2 Å². The first-order valence-electron chi connectivity index (χ1n) is 4.64. The SMILES string of the molecule is CC(C)=CC1(O)CC2CCC1O2. The molecule has 2 heterocycles. The van der Waals surface area contributed by atoms with Crippen molar-refractivity contribution in [2.75, 3.05) is 0 Å². The molecule has 2 bridgehead atoms. The van der Waals surface area contributed by atoms with Crippen molar-refractivity contribution in [1.82, 2.24) is 0 Å². The Morgan fingerprint density at radius 2 is 2.25 bits per heavy atom. The van der Waals surface area contributed by atoms with Gasteiger partial charge in [0.2, 0.25) is 0 Å². The smallest absolute Gasteiger partial charge is 0.111 e. The van der Waals surface area contributed by atoms with Gasteiger partial charge in [0.25, 0.3) is 0 Å². The minimum absolute atomic E-state index is 0.0670. The van der Waals surface area contributed by atoms with Crippen molar-refractivity contribution >= 4 is 0 Å². The second kappa shape index (κ2) is 2.57. The third-order valence-electron chi connectivity index (χ3n) is 2.76. The van der Waals surface area contributed by atoms with Gasteiger partial charge in [-0.05, 0) is 26.7 Å². The summed E-state index contributed by atoms with van der Waals surface area (Å²) < 4.78 is 5.59. The molecule has 0 spiro atoms. The van der Waals surface area contributed by atoms with Crippen molar-refractivity contribution in [3.8, 4) is 0 Å². The molecule has 68 valence electrons. The van der Waals surface area contributed by atoms with Gasteiger partial charge in [0, 0.05) is 6.42 Å². The molecular weight excluding hydrogens is 152 g/mol. The maximum Gasteiger partial charge on any atom is 0.111 e. The van der Waals surface area contributed by atoms with Gasteiger partial charge in [-0.15, -0.1) is 0 Å². The Labute approximate surface area is 73.2 Å². The molecule has 12 heavy (non-hydrogen) atoms. The lowest BCUT2D eigenvalue weighted by molar-refractivity contribution is 0.00601. The predicted octanol–water partition coefficient (Wildman–Crippen LogP) is 1.64. The molecule has 0 amide bonds. The van der Waals surface area contributed by atoms with E-state index in [0.717, 1.165) is 19.3 Å². The summed E-state index contributed by atoms with van der Waals surface area (Å²) in [6.07, 6.45) is 5.28. The molecule has 2 heteroatoms. The zero-order valence-corrected chi connectivity index (χ0v) is 7.71. The summed E-state index contributed by atoms with van der Waals surface area (Å²) in [6.45, 7) is 4.04. The normalized spacial score (nSPS) is 44.9. The molecular formula is C10H16O2. The Morgan fingerprint density at radius 1 is 1.50 bits per heavy atom. The van der Waals surface area contributed by atoms with E-state index < -0.39 is 5.60 Å². The Bertz CT molecular complexity index is 218. The molecule has 2 saturated heterocycles. The summed E-state index contributed by atoms with van der Waals surface area (Å²) in [5.74, 6) is 0. The lowest BCUT2D eigenvalue weighted by Crippen LogP contribution is -2.37. The Hall–Kier alpha value is -0.340. The van der Waals surface area contributed by atoms with E-state index in [-0.39, 0.29) is 6.10 Å². The molecule has 0 radical (unpaired) electrons. The van der Waals surface area contributed by atoms with Crippen molar-refractivity contribution in [3.05, 3.63) is 11.6 Å². The minimum atomic E-state index is -0.651. The van der Waals surface area contributed by atoms with Crippen LogP contribution in [0.15, 0.2) is 11.6 Å². The molecule has 0 aromatic heterocycles. The Kier molecular flexibility index (Phi) is 1.77. The lowest BCUT2D eigenvalue weighted by Gasteiger charge is -2.26. The number of aliphatic hydroxyl groups is 1. The van der Waals surface area contributed by atoms with Gasteiger partial charge in [0.1, 0.15) is 5.60 Å². The van der Waals surface area contributed by atoms with E-state index in [1.165, 1.54) is 5.57 Å². The molecule has 2 aliphatic heterocycles. The molecule has 2 aliphatic rings. The number of ether oxygens (including phenoxy) is 1. The maximum absolute atomic E-state index is 10.2. The van der Waals surface area contributed by atoms with Crippen LogP contribution in [0.5, 0.6) is 0 Å². The van der Waals surface area contributed by atoms with Crippen molar-refractivity contribution in [3.63, 3.8) is 0 Å². The number of allylic oxidation sites excluding steroid dienone is 1. The van der Waals surface area contributed by atoms with Gasteiger partial charge in [0.15, 0.2) is 0 Å². The van der Waals surface area contributed by atoms with E-state index in [1.807, 2.05) is 19.9 Å². The molecule has 2 fully saturated rings. The summed E-state index contributed by atoms with van der Waals surface area (Å²) in [6, 6.07) is 0. The lowest BCUT2D eigenvalue weighted by atomic mass is 9.84. The van der Waals surface area contributed by atoms with E-state index in [0.29, 0.717) is 6.10 Å². The van der Waals surface area contributed by atoms with Crippen molar-refractivity contribution in [1.29, 1.82) is 0 Å². The summed E-state index contributed by atoms with van der Waals surface area (Å²) in [7, 11) is 0. The fourth-order valence-corrected chi connectivity index (χ4v) is 2.37. The molecule has 0 aromatic carbocycles. The standard InChI is InChI=1S/C10H16O2/c1-7(2)5-10(11)6-8-3-4-9(10)12-8/h5,8-9,11H,3-4,6H2,1-2H3. The van der Waals surface area contributed by atoms with Gasteiger partial charge in [-0.3, -0.25) is 0 Å². The largest absolute Gasteiger partial charge is 0.383 e. The third kappa shape index (κ3) is 1.19. The molecule has 1 N–H and O–H groups in total. The first kappa shape index (κ1) is 8.27. The van der Waals surface area contributed by atoms with Crippen molar-refractivity contribution < 1.29 is 9.84 Å². The van der Waals surface area contributed by atoms with Crippen LogP contribution in [0.1, 0.15) is 33.1 Å². The number of hydrogen-bond acceptors (Lipinski definition) is 2. The van der Waals surface area contributed by atoms with E-state index in [4.69, 9.17) is 4.74 Å². The van der Waals surface area contributed by atoms with Crippen molar-refractivity contribution in [2.45, 2.75) is 50.9 Å². The van der Waals surface area contributed by atoms with Crippen LogP contribution in [0.25, 0.3) is 0 Å². The zero-order valence-electron chi connectivity index (χ0n) is 7.71. The molecule has 2 nitrogen and oxygen atoms in total. The first-order chi connectivity index (χ1) is 5.60. The van der Waals surface area contributed by atoms with Crippen LogP contribution in [0.3, 0.4) is 0 Å². The highest BCUT2D eigenvalue weighted by atomic mass is 16.5. The van der Waals surface area contributed by atoms with Gasteiger partial charge in [-0.25, -0.2) is 0 Å². The van der Waals surface area contributed by atoms with E-state index in [9.17, 15) is 5.11 Å². The second-order valence-electron chi connectivity index (χ2n) is 4.24. The van der Waals surface area contributed by atoms with E-state index >= 15 is 0 Å². The minimum Gasteiger partial charge on any atom is -0.383 e. The molecule has 3 atom stereocenters. The van der Waals surface area contributed by atoms with Crippen LogP contribution in [-0.2, 0) is 4.74 Å². The fourth-order valence-electron chi connectivity index (χ4n) is 2.37. The summed E-state index contributed by atoms with van der Waals surface area (Å²) in [5, 5.41) is 10.2. The van der Waals surface area contributed by atoms with Crippen LogP contribution in [-0.4, -0.2) is 22.9 Å². The molecule has 2 rings (SSSR count). The fraction of sp³-hybridized carbons (Fsp3) is 0.800. The monoisotopic (exact) mass is 168 g/mol. The number of hydrogen-bond donors (Lipinski definition) is 1. The van der Waals surface area contributed by atoms with Gasteiger partial charge in [-0.2, -0.15) is 0 Å². The van der Waals surface area contributed by atoms with Crippen LogP contribution in [0, 0.1) is 0 Å².